The molecule has 0 bridgehead atoms. The first-order valence-electron chi connectivity index (χ1n) is 9.90. The third-order valence-corrected chi connectivity index (χ3v) is 5.32. The molecular formula is C25H17ClF3N3O. The van der Waals surface area contributed by atoms with Crippen molar-refractivity contribution in [2.75, 3.05) is 5.32 Å². The number of aryl methyl sites for hydroxylation is 1. The number of carbonyl (C=O) groups excluding carboxylic acids is 1. The van der Waals surface area contributed by atoms with Gasteiger partial charge in [0.2, 0.25) is 0 Å². The third-order valence-electron chi connectivity index (χ3n) is 4.99. The number of rotatable bonds is 4. The van der Waals surface area contributed by atoms with Crippen LogP contribution in [0.3, 0.4) is 0 Å². The number of nitrogens with one attached hydrogen (secondary N) is 1. The molecule has 1 N–H and O–H groups in total. The third kappa shape index (κ3) is 5.04. The van der Waals surface area contributed by atoms with Gasteiger partial charge in [-0.25, -0.2) is 4.98 Å². The largest absolute Gasteiger partial charge is 0.433 e. The molecule has 0 saturated carbocycles. The number of aromatic nitrogens is 2. The van der Waals surface area contributed by atoms with Crippen LogP contribution in [-0.2, 0) is 6.18 Å². The molecule has 166 valence electrons. The van der Waals surface area contributed by atoms with Crippen molar-refractivity contribution >= 4 is 23.2 Å². The fourth-order valence-electron chi connectivity index (χ4n) is 3.31. The van der Waals surface area contributed by atoms with Crippen molar-refractivity contribution in [3.05, 3.63) is 101 Å². The maximum atomic E-state index is 12.8. The van der Waals surface area contributed by atoms with Gasteiger partial charge in [0.15, 0.2) is 0 Å². The average Bonchev–Trinajstić information content (AvgIpc) is 2.80. The van der Waals surface area contributed by atoms with Crippen molar-refractivity contribution in [3.63, 3.8) is 0 Å². The molecule has 0 radical (unpaired) electrons. The second-order valence-electron chi connectivity index (χ2n) is 7.27. The molecule has 1 amide bonds. The molecule has 8 heteroatoms. The first-order valence-corrected chi connectivity index (χ1v) is 10.3. The summed E-state index contributed by atoms with van der Waals surface area (Å²) in [5.41, 5.74) is 2.61. The predicted molar refractivity (Wildman–Crippen MR) is 122 cm³/mol. The number of pyridine rings is 2. The number of alkyl halides is 3. The van der Waals surface area contributed by atoms with Crippen molar-refractivity contribution in [2.24, 2.45) is 0 Å². The van der Waals surface area contributed by atoms with Gasteiger partial charge in [-0.15, -0.1) is 0 Å². The highest BCUT2D eigenvalue weighted by atomic mass is 35.5. The monoisotopic (exact) mass is 467 g/mol. The number of benzene rings is 2. The van der Waals surface area contributed by atoms with Gasteiger partial charge in [-0.2, -0.15) is 13.2 Å². The molecule has 0 aliphatic heterocycles. The Kier molecular flexibility index (Phi) is 6.16. The molecule has 33 heavy (non-hydrogen) atoms. The molecule has 2 aromatic heterocycles. The molecule has 0 unspecified atom stereocenters. The maximum Gasteiger partial charge on any atom is 0.433 e. The fraction of sp³-hybridized carbons (Fsp3) is 0.0800. The Morgan fingerprint density at radius 1 is 0.939 bits per heavy atom. The van der Waals surface area contributed by atoms with Crippen LogP contribution >= 0.6 is 11.6 Å². The highest BCUT2D eigenvalue weighted by Gasteiger charge is 2.33. The Morgan fingerprint density at radius 2 is 1.70 bits per heavy atom. The highest BCUT2D eigenvalue weighted by molar-refractivity contribution is 6.33. The molecule has 2 heterocycles. The quantitative estimate of drug-likeness (QED) is 0.350. The lowest BCUT2D eigenvalue weighted by Crippen LogP contribution is -2.16. The summed E-state index contributed by atoms with van der Waals surface area (Å²) in [6.45, 7) is 1.36. The first-order chi connectivity index (χ1) is 15.7. The number of anilines is 1. The van der Waals surface area contributed by atoms with E-state index in [1.54, 1.807) is 24.4 Å². The zero-order valence-corrected chi connectivity index (χ0v) is 18.1. The normalized spacial score (nSPS) is 11.3. The van der Waals surface area contributed by atoms with E-state index in [1.165, 1.54) is 6.92 Å². The summed E-state index contributed by atoms with van der Waals surface area (Å²) in [7, 11) is 0. The number of amides is 1. The number of hydrogen-bond donors (Lipinski definition) is 1. The van der Waals surface area contributed by atoms with E-state index in [0.717, 1.165) is 23.3 Å². The van der Waals surface area contributed by atoms with Gasteiger partial charge in [0.25, 0.3) is 5.91 Å². The van der Waals surface area contributed by atoms with Gasteiger partial charge in [0.1, 0.15) is 5.69 Å². The van der Waals surface area contributed by atoms with Crippen LogP contribution in [0.2, 0.25) is 5.02 Å². The molecule has 0 saturated heterocycles. The zero-order valence-electron chi connectivity index (χ0n) is 17.3. The van der Waals surface area contributed by atoms with E-state index in [2.05, 4.69) is 15.3 Å². The van der Waals surface area contributed by atoms with E-state index in [0.29, 0.717) is 22.0 Å². The number of hydrogen-bond acceptors (Lipinski definition) is 3. The average molecular weight is 468 g/mol. The van der Waals surface area contributed by atoms with E-state index in [1.807, 2.05) is 42.5 Å². The molecule has 0 aliphatic rings. The summed E-state index contributed by atoms with van der Waals surface area (Å²) in [6.07, 6.45) is -2.84. The van der Waals surface area contributed by atoms with E-state index in [-0.39, 0.29) is 11.3 Å². The van der Waals surface area contributed by atoms with Gasteiger partial charge in [0.05, 0.1) is 22.0 Å². The Balaban J connectivity index is 1.57. The summed E-state index contributed by atoms with van der Waals surface area (Å²) in [6, 6.07) is 20.3. The summed E-state index contributed by atoms with van der Waals surface area (Å²) < 4.78 is 38.5. The molecule has 0 fully saturated rings. The summed E-state index contributed by atoms with van der Waals surface area (Å²) in [5.74, 6) is -0.575. The SMILES string of the molecule is Cc1nc(C(F)(F)F)ccc1C(=O)Nc1ccc(Cl)c(-c2ccc(-c3ccccc3)cn2)c1. The Bertz CT molecular complexity index is 1310. The number of nitrogens with zero attached hydrogens (tertiary/aromatic N) is 2. The van der Waals surface area contributed by atoms with Crippen LogP contribution in [0.1, 0.15) is 21.7 Å². The minimum Gasteiger partial charge on any atom is -0.322 e. The van der Waals surface area contributed by atoms with Gasteiger partial charge in [-0.3, -0.25) is 9.78 Å². The van der Waals surface area contributed by atoms with E-state index in [9.17, 15) is 18.0 Å². The van der Waals surface area contributed by atoms with Gasteiger partial charge in [-0.1, -0.05) is 48.0 Å². The zero-order chi connectivity index (χ0) is 23.6. The molecule has 0 atom stereocenters. The van der Waals surface area contributed by atoms with Crippen LogP contribution in [0.15, 0.2) is 79.0 Å². The van der Waals surface area contributed by atoms with Crippen LogP contribution < -0.4 is 5.32 Å². The standard InChI is InChI=1S/C25H17ClF3N3O/c1-15-19(9-12-23(31-15)25(27,28)29)24(33)32-18-8-10-21(26)20(13-18)22-11-7-17(14-30-22)16-5-3-2-4-6-16/h2-14H,1H3,(H,32,33). The lowest BCUT2D eigenvalue weighted by atomic mass is 10.1. The van der Waals surface area contributed by atoms with Crippen LogP contribution in [0.5, 0.6) is 0 Å². The molecular weight excluding hydrogens is 451 g/mol. The first kappa shape index (κ1) is 22.5. The Labute approximate surface area is 193 Å². The van der Waals surface area contributed by atoms with Crippen molar-refractivity contribution < 1.29 is 18.0 Å². The van der Waals surface area contributed by atoms with Gasteiger partial charge >= 0.3 is 6.18 Å². The minimum absolute atomic E-state index is 0.0188. The lowest BCUT2D eigenvalue weighted by molar-refractivity contribution is -0.141. The van der Waals surface area contributed by atoms with Crippen LogP contribution in [0.25, 0.3) is 22.4 Å². The Morgan fingerprint density at radius 3 is 2.33 bits per heavy atom. The fourth-order valence-corrected chi connectivity index (χ4v) is 3.53. The maximum absolute atomic E-state index is 12.8. The minimum atomic E-state index is -4.58. The predicted octanol–water partition coefficient (Wildman–Crippen LogP) is 7.04. The van der Waals surface area contributed by atoms with E-state index in [4.69, 9.17) is 11.6 Å². The van der Waals surface area contributed by atoms with Gasteiger partial charge in [-0.05, 0) is 48.9 Å². The molecule has 4 aromatic rings. The molecule has 4 rings (SSSR count). The van der Waals surface area contributed by atoms with Crippen LogP contribution in [0.4, 0.5) is 18.9 Å². The highest BCUT2D eigenvalue weighted by Crippen LogP contribution is 2.31. The smallest absolute Gasteiger partial charge is 0.322 e. The second-order valence-corrected chi connectivity index (χ2v) is 7.68. The van der Waals surface area contributed by atoms with Crippen LogP contribution in [0, 0.1) is 6.92 Å². The summed E-state index contributed by atoms with van der Waals surface area (Å²) in [4.78, 5) is 20.6. The molecule has 2 aromatic carbocycles. The Hall–Kier alpha value is -3.71. The van der Waals surface area contributed by atoms with Crippen LogP contribution in [-0.4, -0.2) is 15.9 Å². The molecule has 0 aliphatic carbocycles. The topological polar surface area (TPSA) is 54.9 Å². The van der Waals surface area contributed by atoms with E-state index >= 15 is 0 Å². The van der Waals surface area contributed by atoms with Crippen molar-refractivity contribution in [1.82, 2.24) is 9.97 Å². The summed E-state index contributed by atoms with van der Waals surface area (Å²) >= 11 is 6.36. The van der Waals surface area contributed by atoms with Crippen molar-refractivity contribution in [1.29, 1.82) is 0 Å². The number of halogens is 4. The van der Waals surface area contributed by atoms with Crippen molar-refractivity contribution in [2.45, 2.75) is 13.1 Å². The van der Waals surface area contributed by atoms with Crippen molar-refractivity contribution in [3.8, 4) is 22.4 Å². The lowest BCUT2D eigenvalue weighted by Gasteiger charge is -2.12. The summed E-state index contributed by atoms with van der Waals surface area (Å²) in [5, 5.41) is 3.13. The molecule has 4 nitrogen and oxygen atoms in total. The molecule has 0 spiro atoms. The van der Waals surface area contributed by atoms with Gasteiger partial charge < -0.3 is 5.32 Å². The van der Waals surface area contributed by atoms with E-state index < -0.39 is 17.8 Å². The number of carbonyl (C=O) groups is 1. The van der Waals surface area contributed by atoms with Gasteiger partial charge in [0, 0.05) is 23.0 Å². The second kappa shape index (κ2) is 9.03.